The number of rotatable bonds is 3. The summed E-state index contributed by atoms with van der Waals surface area (Å²) in [5.41, 5.74) is 0. The first-order valence-corrected chi connectivity index (χ1v) is 2.80. The highest BCUT2D eigenvalue weighted by Crippen LogP contribution is 2.16. The van der Waals surface area contributed by atoms with Crippen LogP contribution in [0.25, 0.3) is 0 Å². The van der Waals surface area contributed by atoms with Crippen molar-refractivity contribution >= 4 is 11.9 Å². The Labute approximate surface area is 64.9 Å². The molecule has 0 aromatic heterocycles. The number of aliphatic carboxylic acids is 1. The standard InChI is InChI=1S/C5H5F3O4/c6-5(7,8)4(11)12-2-1-3(9)10/h1-2H2,(H,9,10). The fourth-order valence-electron chi connectivity index (χ4n) is 0.313. The smallest absolute Gasteiger partial charge is 0.481 e. The number of carbonyl (C=O) groups excluding carboxylic acids is 1. The van der Waals surface area contributed by atoms with E-state index in [0.717, 1.165) is 0 Å². The average molecular weight is 186 g/mol. The van der Waals surface area contributed by atoms with Crippen molar-refractivity contribution in [2.45, 2.75) is 12.6 Å². The van der Waals surface area contributed by atoms with E-state index in [1.807, 2.05) is 0 Å². The highest BCUT2D eigenvalue weighted by atomic mass is 19.4. The summed E-state index contributed by atoms with van der Waals surface area (Å²) in [6, 6.07) is 0. The van der Waals surface area contributed by atoms with Crippen LogP contribution >= 0.6 is 0 Å². The van der Waals surface area contributed by atoms with Gasteiger partial charge in [-0.05, 0) is 0 Å². The lowest BCUT2D eigenvalue weighted by Crippen LogP contribution is -2.26. The Morgan fingerprint density at radius 2 is 1.83 bits per heavy atom. The lowest BCUT2D eigenvalue weighted by Gasteiger charge is -2.04. The molecule has 70 valence electrons. The topological polar surface area (TPSA) is 63.6 Å². The van der Waals surface area contributed by atoms with E-state index in [1.54, 1.807) is 0 Å². The third-order valence-corrected chi connectivity index (χ3v) is 0.781. The number of ether oxygens (including phenoxy) is 1. The van der Waals surface area contributed by atoms with E-state index in [0.29, 0.717) is 0 Å². The quantitative estimate of drug-likeness (QED) is 0.654. The molecule has 0 aliphatic heterocycles. The maximum Gasteiger partial charge on any atom is 0.490 e. The molecule has 0 unspecified atom stereocenters. The third-order valence-electron chi connectivity index (χ3n) is 0.781. The van der Waals surface area contributed by atoms with Crippen LogP contribution in [0.5, 0.6) is 0 Å². The van der Waals surface area contributed by atoms with E-state index in [2.05, 4.69) is 4.74 Å². The van der Waals surface area contributed by atoms with Gasteiger partial charge in [0.25, 0.3) is 0 Å². The predicted molar refractivity (Wildman–Crippen MR) is 29.3 cm³/mol. The first kappa shape index (κ1) is 10.7. The van der Waals surface area contributed by atoms with Crippen LogP contribution in [-0.2, 0) is 14.3 Å². The first-order chi connectivity index (χ1) is 5.34. The molecule has 0 aromatic carbocycles. The fourth-order valence-corrected chi connectivity index (χ4v) is 0.313. The molecular weight excluding hydrogens is 181 g/mol. The van der Waals surface area contributed by atoms with E-state index in [-0.39, 0.29) is 0 Å². The largest absolute Gasteiger partial charge is 0.490 e. The van der Waals surface area contributed by atoms with Gasteiger partial charge in [-0.1, -0.05) is 0 Å². The van der Waals surface area contributed by atoms with Gasteiger partial charge in [0.1, 0.15) is 6.61 Å². The molecule has 7 heteroatoms. The van der Waals surface area contributed by atoms with Crippen LogP contribution in [0.4, 0.5) is 13.2 Å². The highest BCUT2D eigenvalue weighted by Gasteiger charge is 2.40. The number of hydrogen-bond acceptors (Lipinski definition) is 3. The van der Waals surface area contributed by atoms with Gasteiger partial charge in [-0.2, -0.15) is 13.2 Å². The van der Waals surface area contributed by atoms with Crippen molar-refractivity contribution in [3.05, 3.63) is 0 Å². The average Bonchev–Trinajstić information content (AvgIpc) is 1.84. The van der Waals surface area contributed by atoms with Gasteiger partial charge in [0.05, 0.1) is 6.42 Å². The molecule has 0 saturated heterocycles. The van der Waals surface area contributed by atoms with Crippen LogP contribution in [0.2, 0.25) is 0 Å². The highest BCUT2D eigenvalue weighted by molar-refractivity contribution is 5.76. The summed E-state index contributed by atoms with van der Waals surface area (Å²) in [6.45, 7) is -0.770. The Balaban J connectivity index is 3.66. The Kier molecular flexibility index (Phi) is 3.52. The van der Waals surface area contributed by atoms with Crippen molar-refractivity contribution in [3.8, 4) is 0 Å². The molecule has 0 aromatic rings. The van der Waals surface area contributed by atoms with Crippen LogP contribution < -0.4 is 0 Å². The van der Waals surface area contributed by atoms with Crippen LogP contribution in [0, 0.1) is 0 Å². The number of carboxylic acids is 1. The minimum absolute atomic E-state index is 0.637. The second-order valence-electron chi connectivity index (χ2n) is 1.78. The van der Waals surface area contributed by atoms with Crippen molar-refractivity contribution in [1.29, 1.82) is 0 Å². The molecule has 4 nitrogen and oxygen atoms in total. The summed E-state index contributed by atoms with van der Waals surface area (Å²) < 4.78 is 37.6. The Hall–Kier alpha value is -1.27. The molecule has 0 atom stereocenters. The molecule has 0 rings (SSSR count). The molecule has 0 radical (unpaired) electrons. The number of carbonyl (C=O) groups is 2. The molecule has 0 spiro atoms. The first-order valence-electron chi connectivity index (χ1n) is 2.80. The molecule has 12 heavy (non-hydrogen) atoms. The second kappa shape index (κ2) is 3.93. The third kappa shape index (κ3) is 4.53. The van der Waals surface area contributed by atoms with Crippen molar-refractivity contribution in [3.63, 3.8) is 0 Å². The number of esters is 1. The summed E-state index contributed by atoms with van der Waals surface area (Å²) in [5.74, 6) is -3.70. The zero-order chi connectivity index (χ0) is 9.78. The van der Waals surface area contributed by atoms with E-state index in [9.17, 15) is 22.8 Å². The van der Waals surface area contributed by atoms with Crippen LogP contribution in [-0.4, -0.2) is 29.8 Å². The fraction of sp³-hybridized carbons (Fsp3) is 0.600. The lowest BCUT2D eigenvalue weighted by atomic mass is 10.5. The number of hydrogen-bond donors (Lipinski definition) is 1. The molecule has 0 heterocycles. The van der Waals surface area contributed by atoms with Crippen LogP contribution in [0.3, 0.4) is 0 Å². The normalized spacial score (nSPS) is 10.9. The molecule has 0 aliphatic rings. The predicted octanol–water partition coefficient (Wildman–Crippen LogP) is 0.567. The van der Waals surface area contributed by atoms with Crippen molar-refractivity contribution in [2.75, 3.05) is 6.61 Å². The van der Waals surface area contributed by atoms with Gasteiger partial charge < -0.3 is 9.84 Å². The zero-order valence-electron chi connectivity index (χ0n) is 5.72. The molecule has 0 aliphatic carbocycles. The molecular formula is C5H5F3O4. The van der Waals surface area contributed by atoms with Crippen molar-refractivity contribution in [2.24, 2.45) is 0 Å². The summed E-state index contributed by atoms with van der Waals surface area (Å²) in [7, 11) is 0. The molecule has 0 saturated carbocycles. The second-order valence-corrected chi connectivity index (χ2v) is 1.78. The van der Waals surface area contributed by atoms with E-state index >= 15 is 0 Å². The Morgan fingerprint density at radius 3 is 2.17 bits per heavy atom. The summed E-state index contributed by atoms with van der Waals surface area (Å²) in [6.07, 6.45) is -5.69. The van der Waals surface area contributed by atoms with Crippen LogP contribution in [0.15, 0.2) is 0 Å². The van der Waals surface area contributed by atoms with E-state index in [4.69, 9.17) is 5.11 Å². The van der Waals surface area contributed by atoms with Gasteiger partial charge in [0, 0.05) is 0 Å². The van der Waals surface area contributed by atoms with E-state index < -0.39 is 31.1 Å². The lowest BCUT2D eigenvalue weighted by molar-refractivity contribution is -0.199. The number of carboxylic acid groups (broad SMARTS) is 1. The zero-order valence-corrected chi connectivity index (χ0v) is 5.72. The number of alkyl halides is 3. The maximum atomic E-state index is 11.4. The van der Waals surface area contributed by atoms with Gasteiger partial charge in [-0.15, -0.1) is 0 Å². The monoisotopic (exact) mass is 186 g/mol. The molecule has 0 amide bonds. The summed E-state index contributed by atoms with van der Waals surface area (Å²) >= 11 is 0. The SMILES string of the molecule is O=C(O)CCOC(=O)C(F)(F)F. The van der Waals surface area contributed by atoms with Gasteiger partial charge in [0.15, 0.2) is 0 Å². The maximum absolute atomic E-state index is 11.4. The van der Waals surface area contributed by atoms with Crippen molar-refractivity contribution in [1.82, 2.24) is 0 Å². The molecule has 1 N–H and O–H groups in total. The number of halogens is 3. The molecule has 0 fully saturated rings. The van der Waals surface area contributed by atoms with Gasteiger partial charge in [-0.3, -0.25) is 4.79 Å². The van der Waals surface area contributed by atoms with Crippen LogP contribution in [0.1, 0.15) is 6.42 Å². The minimum Gasteiger partial charge on any atom is -0.481 e. The minimum atomic E-state index is -5.06. The van der Waals surface area contributed by atoms with E-state index in [1.165, 1.54) is 0 Å². The van der Waals surface area contributed by atoms with Gasteiger partial charge in [0.2, 0.25) is 0 Å². The van der Waals surface area contributed by atoms with Gasteiger partial charge in [-0.25, -0.2) is 4.79 Å². The summed E-state index contributed by atoms with van der Waals surface area (Å²) in [5, 5.41) is 7.96. The Bertz CT molecular complexity index is 186. The van der Waals surface area contributed by atoms with Gasteiger partial charge >= 0.3 is 18.1 Å². The summed E-state index contributed by atoms with van der Waals surface area (Å²) in [4.78, 5) is 19.7. The van der Waals surface area contributed by atoms with Crippen molar-refractivity contribution < 1.29 is 32.6 Å². The molecule has 0 bridgehead atoms. The Morgan fingerprint density at radius 1 is 1.33 bits per heavy atom.